The summed E-state index contributed by atoms with van der Waals surface area (Å²) in [6, 6.07) is 4.95. The third-order valence-electron chi connectivity index (χ3n) is 2.31. The monoisotopic (exact) mass is 263 g/mol. The molecular weight excluding hydrogens is 254 g/mol. The highest BCUT2D eigenvalue weighted by atomic mass is 32.2. The molecule has 2 N–H and O–H groups in total. The predicted octanol–water partition coefficient (Wildman–Crippen LogP) is 0.0948. The Balaban J connectivity index is 2.83. The van der Waals surface area contributed by atoms with E-state index in [9.17, 15) is 8.42 Å². The van der Waals surface area contributed by atoms with Gasteiger partial charge in [-0.3, -0.25) is 4.98 Å². The molecule has 0 saturated carbocycles. The number of nitrogens with zero attached hydrogens (tertiary/aromatic N) is 4. The molecule has 2 heterocycles. The van der Waals surface area contributed by atoms with Crippen LogP contribution in [0, 0.1) is 18.3 Å². The maximum absolute atomic E-state index is 11.6. The van der Waals surface area contributed by atoms with E-state index in [2.05, 4.69) is 10.1 Å². The number of rotatable bonds is 2. The summed E-state index contributed by atoms with van der Waals surface area (Å²) in [5.41, 5.74) is 0.728. The molecule has 0 bridgehead atoms. The molecule has 0 aliphatic heterocycles. The lowest BCUT2D eigenvalue weighted by Gasteiger charge is -2.04. The summed E-state index contributed by atoms with van der Waals surface area (Å²) in [5.74, 6) is 0. The Labute approximate surface area is 104 Å². The average molecular weight is 263 g/mol. The third-order valence-corrected chi connectivity index (χ3v) is 3.22. The Morgan fingerprint density at radius 3 is 2.50 bits per heavy atom. The average Bonchev–Trinajstić information content (AvgIpc) is 2.67. The largest absolute Gasteiger partial charge is 0.265 e. The maximum atomic E-state index is 11.6. The lowest BCUT2D eigenvalue weighted by Crippen LogP contribution is -2.18. The molecule has 2 aromatic heterocycles. The van der Waals surface area contributed by atoms with Crippen molar-refractivity contribution in [3.8, 4) is 11.8 Å². The minimum Gasteiger partial charge on any atom is -0.265 e. The highest BCUT2D eigenvalue weighted by Gasteiger charge is 2.24. The van der Waals surface area contributed by atoms with E-state index in [1.54, 1.807) is 25.1 Å². The van der Waals surface area contributed by atoms with Crippen LogP contribution < -0.4 is 5.14 Å². The van der Waals surface area contributed by atoms with Gasteiger partial charge in [-0.15, -0.1) is 0 Å². The minimum atomic E-state index is -4.05. The van der Waals surface area contributed by atoms with Crippen LogP contribution in [-0.2, 0) is 10.0 Å². The summed E-state index contributed by atoms with van der Waals surface area (Å²) in [7, 11) is -4.05. The van der Waals surface area contributed by atoms with Crippen molar-refractivity contribution in [3.05, 3.63) is 35.8 Å². The van der Waals surface area contributed by atoms with Crippen LogP contribution in [-0.4, -0.2) is 23.2 Å². The summed E-state index contributed by atoms with van der Waals surface area (Å²) >= 11 is 0. The number of aromatic nitrogens is 3. The summed E-state index contributed by atoms with van der Waals surface area (Å²) in [6.45, 7) is 1.55. The first-order chi connectivity index (χ1) is 8.45. The van der Waals surface area contributed by atoms with Crippen molar-refractivity contribution in [2.45, 2.75) is 11.9 Å². The van der Waals surface area contributed by atoms with Crippen LogP contribution in [0.3, 0.4) is 0 Å². The number of nitrogens with two attached hydrogens (primary N) is 1. The fourth-order valence-corrected chi connectivity index (χ4v) is 2.42. The fourth-order valence-electron chi connectivity index (χ4n) is 1.56. The van der Waals surface area contributed by atoms with Crippen LogP contribution in [0.1, 0.15) is 11.3 Å². The van der Waals surface area contributed by atoms with Gasteiger partial charge in [0.05, 0.1) is 11.4 Å². The topological polar surface area (TPSA) is 115 Å². The number of hydrogen-bond acceptors (Lipinski definition) is 5. The molecule has 2 rings (SSSR count). The van der Waals surface area contributed by atoms with Gasteiger partial charge in [0.25, 0.3) is 10.0 Å². The van der Waals surface area contributed by atoms with Crippen LogP contribution in [0.2, 0.25) is 0 Å². The van der Waals surface area contributed by atoms with E-state index in [4.69, 9.17) is 10.4 Å². The molecule has 0 saturated heterocycles. The number of primary sulfonamides is 1. The van der Waals surface area contributed by atoms with Gasteiger partial charge in [0.1, 0.15) is 11.6 Å². The van der Waals surface area contributed by atoms with Crippen LogP contribution in [0.15, 0.2) is 29.6 Å². The van der Waals surface area contributed by atoms with E-state index in [1.807, 2.05) is 0 Å². The molecule has 0 aliphatic rings. The van der Waals surface area contributed by atoms with Gasteiger partial charge in [0, 0.05) is 12.4 Å². The van der Waals surface area contributed by atoms with Crippen molar-refractivity contribution in [1.29, 1.82) is 5.26 Å². The van der Waals surface area contributed by atoms with Crippen LogP contribution in [0.4, 0.5) is 0 Å². The van der Waals surface area contributed by atoms with Gasteiger partial charge < -0.3 is 0 Å². The standard InChI is InChI=1S/C10H9N5O2S/c1-7-9(6-11)10(18(12,16)17)15(14-7)8-2-4-13-5-3-8/h2-5H,1H3,(H2,12,16,17). The first kappa shape index (κ1) is 12.2. The Bertz CT molecular complexity index is 728. The van der Waals surface area contributed by atoms with Crippen LogP contribution in [0.5, 0.6) is 0 Å². The SMILES string of the molecule is Cc1nn(-c2ccncc2)c(S(N)(=O)=O)c1C#N. The Morgan fingerprint density at radius 1 is 1.39 bits per heavy atom. The smallest absolute Gasteiger partial charge is 0.257 e. The molecule has 92 valence electrons. The Kier molecular flexibility index (Phi) is 2.86. The summed E-state index contributed by atoms with van der Waals surface area (Å²) < 4.78 is 24.3. The van der Waals surface area contributed by atoms with E-state index in [0.29, 0.717) is 11.4 Å². The molecule has 0 aliphatic carbocycles. The molecule has 0 amide bonds. The molecule has 2 aromatic rings. The molecular formula is C10H9N5O2S. The van der Waals surface area contributed by atoms with Gasteiger partial charge in [-0.05, 0) is 19.1 Å². The number of aryl methyl sites for hydroxylation is 1. The van der Waals surface area contributed by atoms with Gasteiger partial charge in [0.15, 0.2) is 5.03 Å². The minimum absolute atomic E-state index is 0.0469. The second-order valence-electron chi connectivity index (χ2n) is 3.54. The Morgan fingerprint density at radius 2 is 2.00 bits per heavy atom. The van der Waals surface area contributed by atoms with Gasteiger partial charge in [-0.1, -0.05) is 0 Å². The molecule has 0 atom stereocenters. The number of sulfonamides is 1. The molecule has 18 heavy (non-hydrogen) atoms. The summed E-state index contributed by atoms with van der Waals surface area (Å²) in [5, 5.41) is 17.8. The van der Waals surface area contributed by atoms with E-state index in [1.165, 1.54) is 12.4 Å². The van der Waals surface area contributed by atoms with Crippen molar-refractivity contribution in [2.75, 3.05) is 0 Å². The second kappa shape index (κ2) is 4.21. The van der Waals surface area contributed by atoms with E-state index in [-0.39, 0.29) is 10.6 Å². The molecule has 0 unspecified atom stereocenters. The maximum Gasteiger partial charge on any atom is 0.257 e. The molecule has 7 nitrogen and oxygen atoms in total. The van der Waals surface area contributed by atoms with Crippen molar-refractivity contribution >= 4 is 10.0 Å². The molecule has 8 heteroatoms. The van der Waals surface area contributed by atoms with Crippen molar-refractivity contribution in [1.82, 2.24) is 14.8 Å². The zero-order valence-electron chi connectivity index (χ0n) is 9.40. The van der Waals surface area contributed by atoms with E-state index < -0.39 is 10.0 Å². The third kappa shape index (κ3) is 1.97. The number of nitriles is 1. The first-order valence-corrected chi connectivity index (χ1v) is 6.42. The normalized spacial score (nSPS) is 11.2. The van der Waals surface area contributed by atoms with Crippen LogP contribution >= 0.6 is 0 Å². The van der Waals surface area contributed by atoms with Gasteiger partial charge in [-0.25, -0.2) is 18.2 Å². The number of pyridine rings is 1. The van der Waals surface area contributed by atoms with Crippen molar-refractivity contribution in [3.63, 3.8) is 0 Å². The van der Waals surface area contributed by atoms with Crippen molar-refractivity contribution in [2.24, 2.45) is 5.14 Å². The van der Waals surface area contributed by atoms with E-state index >= 15 is 0 Å². The van der Waals surface area contributed by atoms with Gasteiger partial charge in [-0.2, -0.15) is 10.4 Å². The predicted molar refractivity (Wildman–Crippen MR) is 62.2 cm³/mol. The fraction of sp³-hybridized carbons (Fsp3) is 0.100. The quantitative estimate of drug-likeness (QED) is 0.824. The van der Waals surface area contributed by atoms with Crippen molar-refractivity contribution < 1.29 is 8.42 Å². The first-order valence-electron chi connectivity index (χ1n) is 4.88. The highest BCUT2D eigenvalue weighted by Crippen LogP contribution is 2.20. The van der Waals surface area contributed by atoms with Gasteiger partial charge >= 0.3 is 0 Å². The van der Waals surface area contributed by atoms with E-state index in [0.717, 1.165) is 4.68 Å². The van der Waals surface area contributed by atoms with Crippen LogP contribution in [0.25, 0.3) is 5.69 Å². The molecule has 0 spiro atoms. The molecule has 0 aromatic carbocycles. The lowest BCUT2D eigenvalue weighted by molar-refractivity contribution is 0.587. The highest BCUT2D eigenvalue weighted by molar-refractivity contribution is 7.89. The lowest BCUT2D eigenvalue weighted by atomic mass is 10.3. The second-order valence-corrected chi connectivity index (χ2v) is 5.02. The molecule has 0 fully saturated rings. The zero-order valence-corrected chi connectivity index (χ0v) is 10.2. The number of hydrogen-bond donors (Lipinski definition) is 1. The zero-order chi connectivity index (χ0) is 13.3. The summed E-state index contributed by atoms with van der Waals surface area (Å²) in [6.07, 6.45) is 2.98. The molecule has 0 radical (unpaired) electrons. The summed E-state index contributed by atoms with van der Waals surface area (Å²) in [4.78, 5) is 3.83. The Hall–Kier alpha value is -2.24. The van der Waals surface area contributed by atoms with Gasteiger partial charge in [0.2, 0.25) is 0 Å².